The molecule has 0 spiro atoms. The lowest BCUT2D eigenvalue weighted by atomic mass is 10.2. The van der Waals surface area contributed by atoms with E-state index < -0.39 is 0 Å². The van der Waals surface area contributed by atoms with Gasteiger partial charge < -0.3 is 14.4 Å². The molecule has 2 aromatic carbocycles. The molecule has 4 rings (SSSR count). The number of rotatable bonds is 6. The number of anilines is 1. The van der Waals surface area contributed by atoms with E-state index in [1.54, 1.807) is 18.9 Å². The fourth-order valence-corrected chi connectivity index (χ4v) is 4.30. The minimum Gasteiger partial charge on any atom is -0.495 e. The summed E-state index contributed by atoms with van der Waals surface area (Å²) in [5.74, 6) is 1.21. The molecule has 0 unspecified atom stereocenters. The van der Waals surface area contributed by atoms with Gasteiger partial charge in [0, 0.05) is 44.8 Å². The van der Waals surface area contributed by atoms with E-state index in [1.807, 2.05) is 60.3 Å². The van der Waals surface area contributed by atoms with Crippen molar-refractivity contribution in [3.05, 3.63) is 69.6 Å². The Hall–Kier alpha value is -2.90. The van der Waals surface area contributed by atoms with Crippen LogP contribution in [-0.2, 0) is 13.6 Å². The zero-order valence-electron chi connectivity index (χ0n) is 18.0. The highest BCUT2D eigenvalue weighted by Gasteiger charge is 2.25. The van der Waals surface area contributed by atoms with Gasteiger partial charge >= 0.3 is 5.56 Å². The Morgan fingerprint density at radius 3 is 2.32 bits per heavy atom. The molecular weight excluding hydrogens is 416 g/mol. The average molecular weight is 443 g/mol. The molecule has 0 radical (unpaired) electrons. The maximum absolute atomic E-state index is 13.0. The van der Waals surface area contributed by atoms with Crippen LogP contribution in [0, 0.1) is 0 Å². The number of piperazine rings is 1. The van der Waals surface area contributed by atoms with Gasteiger partial charge in [-0.3, -0.25) is 14.4 Å². The molecule has 0 aliphatic carbocycles. The second kappa shape index (κ2) is 9.08. The van der Waals surface area contributed by atoms with Gasteiger partial charge in [0.15, 0.2) is 0 Å². The van der Waals surface area contributed by atoms with Crippen LogP contribution in [0.5, 0.6) is 11.5 Å². The first-order chi connectivity index (χ1) is 15.0. The van der Waals surface area contributed by atoms with Gasteiger partial charge in [0.05, 0.1) is 31.3 Å². The lowest BCUT2D eigenvalue weighted by molar-refractivity contribution is 0.238. The molecule has 0 bridgehead atoms. The molecule has 0 saturated carbocycles. The van der Waals surface area contributed by atoms with Crippen molar-refractivity contribution in [3.63, 3.8) is 0 Å². The van der Waals surface area contributed by atoms with E-state index in [4.69, 9.17) is 21.1 Å². The zero-order chi connectivity index (χ0) is 22.0. The summed E-state index contributed by atoms with van der Waals surface area (Å²) in [6.07, 6.45) is 0. The number of halogens is 1. The number of methoxy groups -OCH3 is 2. The van der Waals surface area contributed by atoms with Gasteiger partial charge in [0.1, 0.15) is 5.75 Å². The maximum atomic E-state index is 13.0. The predicted molar refractivity (Wildman–Crippen MR) is 123 cm³/mol. The third-order valence-corrected chi connectivity index (χ3v) is 6.01. The first-order valence-electron chi connectivity index (χ1n) is 10.2. The van der Waals surface area contributed by atoms with Crippen molar-refractivity contribution in [2.24, 2.45) is 7.05 Å². The van der Waals surface area contributed by atoms with Gasteiger partial charge in [-0.2, -0.15) is 0 Å². The zero-order valence-corrected chi connectivity index (χ0v) is 18.8. The molecule has 1 saturated heterocycles. The maximum Gasteiger partial charge on any atom is 0.314 e. The van der Waals surface area contributed by atoms with Crippen molar-refractivity contribution >= 4 is 17.3 Å². The van der Waals surface area contributed by atoms with Gasteiger partial charge in [-0.15, -0.1) is 0 Å². The lowest BCUT2D eigenvalue weighted by Crippen LogP contribution is -2.46. The smallest absolute Gasteiger partial charge is 0.314 e. The van der Waals surface area contributed by atoms with Crippen molar-refractivity contribution < 1.29 is 9.47 Å². The Kier molecular flexibility index (Phi) is 6.25. The van der Waals surface area contributed by atoms with E-state index in [0.717, 1.165) is 49.0 Å². The standard InChI is InChI=1S/C23H27ClN4O3/c1-25-20(22(31-3)23(29)28(25)18-7-5-4-6-8-18)16-26-11-13-27(14-12-26)19-15-17(24)9-10-21(19)30-2/h4-10,15H,11-14,16H2,1-3H3. The van der Waals surface area contributed by atoms with Crippen LogP contribution in [0.2, 0.25) is 5.02 Å². The van der Waals surface area contributed by atoms with Crippen LogP contribution < -0.4 is 19.9 Å². The Morgan fingerprint density at radius 2 is 1.68 bits per heavy atom. The number of nitrogens with zero attached hydrogens (tertiary/aromatic N) is 4. The monoisotopic (exact) mass is 442 g/mol. The summed E-state index contributed by atoms with van der Waals surface area (Å²) < 4.78 is 14.6. The molecular formula is C23H27ClN4O3. The molecule has 31 heavy (non-hydrogen) atoms. The minimum absolute atomic E-state index is 0.145. The topological polar surface area (TPSA) is 51.9 Å². The van der Waals surface area contributed by atoms with Gasteiger partial charge in [0.25, 0.3) is 0 Å². The van der Waals surface area contributed by atoms with Crippen LogP contribution in [0.1, 0.15) is 5.69 Å². The summed E-state index contributed by atoms with van der Waals surface area (Å²) >= 11 is 6.21. The Morgan fingerprint density at radius 1 is 0.968 bits per heavy atom. The summed E-state index contributed by atoms with van der Waals surface area (Å²) in [6.45, 7) is 4.01. The average Bonchev–Trinajstić information content (AvgIpc) is 3.03. The molecule has 0 atom stereocenters. The lowest BCUT2D eigenvalue weighted by Gasteiger charge is -2.36. The van der Waals surface area contributed by atoms with E-state index in [-0.39, 0.29) is 5.56 Å². The molecule has 8 heteroatoms. The number of ether oxygens (including phenoxy) is 2. The van der Waals surface area contributed by atoms with Crippen LogP contribution in [0.25, 0.3) is 5.69 Å². The van der Waals surface area contributed by atoms with Gasteiger partial charge in [-0.25, -0.2) is 4.68 Å². The number of benzene rings is 2. The summed E-state index contributed by atoms with van der Waals surface area (Å²) in [7, 11) is 5.13. The SMILES string of the molecule is COc1ccc(Cl)cc1N1CCN(Cc2c(OC)c(=O)n(-c3ccccc3)n2C)CC1. The molecule has 0 N–H and O–H groups in total. The van der Waals surface area contributed by atoms with E-state index >= 15 is 0 Å². The van der Waals surface area contributed by atoms with Gasteiger partial charge in [-0.1, -0.05) is 29.8 Å². The van der Waals surface area contributed by atoms with E-state index in [1.165, 1.54) is 0 Å². The highest BCUT2D eigenvalue weighted by molar-refractivity contribution is 6.30. The normalized spacial score (nSPS) is 14.6. The summed E-state index contributed by atoms with van der Waals surface area (Å²) in [6, 6.07) is 15.3. The third-order valence-electron chi connectivity index (χ3n) is 5.77. The van der Waals surface area contributed by atoms with E-state index in [9.17, 15) is 4.79 Å². The Balaban J connectivity index is 1.53. The molecule has 1 aromatic heterocycles. The third kappa shape index (κ3) is 4.16. The van der Waals surface area contributed by atoms with Crippen molar-refractivity contribution in [1.82, 2.24) is 14.3 Å². The van der Waals surface area contributed by atoms with Crippen molar-refractivity contribution in [1.29, 1.82) is 0 Å². The Labute approximate surface area is 186 Å². The number of para-hydroxylation sites is 1. The molecule has 1 aliphatic heterocycles. The van der Waals surface area contributed by atoms with Crippen LogP contribution >= 0.6 is 11.6 Å². The molecule has 1 fully saturated rings. The molecule has 0 amide bonds. The number of aromatic nitrogens is 2. The van der Waals surface area contributed by atoms with Gasteiger partial charge in [-0.05, 0) is 30.3 Å². The number of hydrogen-bond donors (Lipinski definition) is 0. The summed E-state index contributed by atoms with van der Waals surface area (Å²) in [5, 5.41) is 0.695. The minimum atomic E-state index is -0.145. The second-order valence-electron chi connectivity index (χ2n) is 7.54. The highest BCUT2D eigenvalue weighted by atomic mass is 35.5. The van der Waals surface area contributed by atoms with Crippen LogP contribution in [-0.4, -0.2) is 54.7 Å². The largest absolute Gasteiger partial charge is 0.495 e. The van der Waals surface area contributed by atoms with Crippen LogP contribution in [0.3, 0.4) is 0 Å². The molecule has 2 heterocycles. The summed E-state index contributed by atoms with van der Waals surface area (Å²) in [4.78, 5) is 17.6. The quantitative estimate of drug-likeness (QED) is 0.587. The van der Waals surface area contributed by atoms with E-state index in [2.05, 4.69) is 9.80 Å². The first kappa shape index (κ1) is 21.3. The van der Waals surface area contributed by atoms with E-state index in [0.29, 0.717) is 17.3 Å². The highest BCUT2D eigenvalue weighted by Crippen LogP contribution is 2.32. The molecule has 3 aromatic rings. The second-order valence-corrected chi connectivity index (χ2v) is 7.97. The van der Waals surface area contributed by atoms with Gasteiger partial charge in [0.2, 0.25) is 5.75 Å². The Bertz CT molecular complexity index is 1100. The first-order valence-corrected chi connectivity index (χ1v) is 10.6. The van der Waals surface area contributed by atoms with Crippen molar-refractivity contribution in [2.75, 3.05) is 45.3 Å². The molecule has 164 valence electrons. The summed E-state index contributed by atoms with van der Waals surface area (Å²) in [5.41, 5.74) is 2.55. The number of hydrogen-bond acceptors (Lipinski definition) is 5. The molecule has 7 nitrogen and oxygen atoms in total. The van der Waals surface area contributed by atoms with Crippen molar-refractivity contribution in [3.8, 4) is 17.2 Å². The predicted octanol–water partition coefficient (Wildman–Crippen LogP) is 3.17. The fraction of sp³-hybridized carbons (Fsp3) is 0.348. The van der Waals surface area contributed by atoms with Crippen LogP contribution in [0.4, 0.5) is 5.69 Å². The fourth-order valence-electron chi connectivity index (χ4n) is 4.13. The van der Waals surface area contributed by atoms with Crippen LogP contribution in [0.15, 0.2) is 53.3 Å². The van der Waals surface area contributed by atoms with Crippen molar-refractivity contribution in [2.45, 2.75) is 6.54 Å². The molecule has 1 aliphatic rings.